The minimum atomic E-state index is -2.14. The number of allylic oxidation sites excluding steroid dienone is 4. The molecule has 0 unspecified atom stereocenters. The van der Waals surface area contributed by atoms with Crippen molar-refractivity contribution in [1.29, 1.82) is 0 Å². The zero-order valence-electron chi connectivity index (χ0n) is 31.9. The van der Waals surface area contributed by atoms with Gasteiger partial charge in [0.1, 0.15) is 24.4 Å². The second kappa shape index (κ2) is 15.7. The normalized spacial score (nSPS) is 42.0. The summed E-state index contributed by atoms with van der Waals surface area (Å²) >= 11 is 0. The molecular weight excluding hydrogens is 641 g/mol. The van der Waals surface area contributed by atoms with Crippen LogP contribution in [0.3, 0.4) is 0 Å². The van der Waals surface area contributed by atoms with E-state index in [2.05, 4.69) is 65.9 Å². The molecule has 49 heavy (non-hydrogen) atoms. The Labute approximate surface area is 296 Å². The summed E-state index contributed by atoms with van der Waals surface area (Å²) in [5, 5.41) is 0.0336. The van der Waals surface area contributed by atoms with Gasteiger partial charge in [0.05, 0.1) is 24.7 Å². The Morgan fingerprint density at radius 1 is 0.918 bits per heavy atom. The molecular formula is C39H64O9Si. The monoisotopic (exact) mass is 704 g/mol. The van der Waals surface area contributed by atoms with E-state index in [1.54, 1.807) is 21.3 Å². The third-order valence-electron chi connectivity index (χ3n) is 12.9. The average molecular weight is 705 g/mol. The van der Waals surface area contributed by atoms with Gasteiger partial charge in [0.2, 0.25) is 0 Å². The van der Waals surface area contributed by atoms with Crippen molar-refractivity contribution in [2.24, 2.45) is 35.5 Å². The molecule has 3 fully saturated rings. The Bertz CT molecular complexity index is 1230. The molecule has 0 radical (unpaired) electrons. The standard InChI is InChI=1S/C39H64O9Si/c1-12-25-14-13-15-32(48-49(10,11)39(4,5)6)22(2)34(41)31-20-29-27(30(31)21-33(40)46-25)17-16-24-18-26(19-28(24)29)47-38-37(44-9)36(43-8)35(42-7)23(3)45-38/h16-17,20,22-30,32,35-38H,12-15,18-19,21H2,1-11H3/t22-,23-,24-,25+,26-,27-,28-,29-,30+,32+,35+,36-,37+,38+/m1/s1. The van der Waals surface area contributed by atoms with E-state index in [4.69, 9.17) is 32.8 Å². The van der Waals surface area contributed by atoms with E-state index in [0.29, 0.717) is 11.8 Å². The molecule has 0 aromatic rings. The molecule has 0 bridgehead atoms. The first-order valence-electron chi connectivity index (χ1n) is 18.8. The molecule has 0 aromatic carbocycles. The fourth-order valence-electron chi connectivity index (χ4n) is 9.02. The van der Waals surface area contributed by atoms with Gasteiger partial charge in [-0.3, -0.25) is 9.59 Å². The number of fused-ring (bicyclic) bond motifs is 5. The summed E-state index contributed by atoms with van der Waals surface area (Å²) in [5.41, 5.74) is 0.795. The van der Waals surface area contributed by atoms with Crippen molar-refractivity contribution in [3.63, 3.8) is 0 Å². The van der Waals surface area contributed by atoms with Crippen molar-refractivity contribution >= 4 is 20.1 Å². The van der Waals surface area contributed by atoms with Crippen LogP contribution in [0.2, 0.25) is 18.1 Å². The van der Waals surface area contributed by atoms with Gasteiger partial charge < -0.3 is 32.8 Å². The van der Waals surface area contributed by atoms with Crippen LogP contribution in [0.5, 0.6) is 0 Å². The van der Waals surface area contributed by atoms with Gasteiger partial charge in [0, 0.05) is 33.2 Å². The van der Waals surface area contributed by atoms with E-state index in [1.807, 2.05) is 6.92 Å². The maximum absolute atomic E-state index is 14.6. The molecule has 278 valence electrons. The highest BCUT2D eigenvalue weighted by atomic mass is 28.4. The van der Waals surface area contributed by atoms with Crippen LogP contribution in [-0.4, -0.2) is 90.4 Å². The SMILES string of the molecule is CC[C@H]1CCC[C@H](O[Si](C)(C)C(C)(C)C)[C@@H](C)C(=O)C2=C[C@@H]3[C@@H](C=C[C@@H]4C[C@@H](O[C@@H]5O[C@H](C)[C@H](OC)[C@@H](OC)[C@@H]5OC)C[C@@H]34)[C@@H]2CC(=O)O1. The van der Waals surface area contributed by atoms with Gasteiger partial charge in [-0.25, -0.2) is 0 Å². The Kier molecular flexibility index (Phi) is 12.4. The molecule has 0 amide bonds. The molecule has 14 atom stereocenters. The van der Waals surface area contributed by atoms with Crippen molar-refractivity contribution in [1.82, 2.24) is 0 Å². The number of ketones is 1. The first-order valence-corrected chi connectivity index (χ1v) is 21.8. The van der Waals surface area contributed by atoms with Crippen molar-refractivity contribution in [2.75, 3.05) is 21.3 Å². The summed E-state index contributed by atoms with van der Waals surface area (Å²) in [4.78, 5) is 28.1. The molecule has 9 nitrogen and oxygen atoms in total. The lowest BCUT2D eigenvalue weighted by Gasteiger charge is -2.44. The van der Waals surface area contributed by atoms with Crippen LogP contribution < -0.4 is 0 Å². The van der Waals surface area contributed by atoms with Crippen molar-refractivity contribution in [2.45, 2.75) is 154 Å². The minimum Gasteiger partial charge on any atom is -0.462 e. The number of hydrogen-bond acceptors (Lipinski definition) is 9. The van der Waals surface area contributed by atoms with Crippen LogP contribution in [0, 0.1) is 35.5 Å². The molecule has 0 spiro atoms. The summed E-state index contributed by atoms with van der Waals surface area (Å²) in [7, 11) is 2.84. The number of Topliss-reactive ketones (excluding diaryl/α,β-unsaturated/α-hetero) is 1. The fraction of sp³-hybridized carbons (Fsp3) is 0.846. The number of carbonyl (C=O) groups excluding carboxylic acids is 2. The topological polar surface area (TPSA) is 98.8 Å². The number of ether oxygens (including phenoxy) is 6. The van der Waals surface area contributed by atoms with Crippen LogP contribution in [0.15, 0.2) is 23.8 Å². The lowest BCUT2D eigenvalue weighted by atomic mass is 9.70. The number of methoxy groups -OCH3 is 3. The van der Waals surface area contributed by atoms with Crippen LogP contribution in [-0.2, 0) is 42.4 Å². The Balaban J connectivity index is 1.39. The van der Waals surface area contributed by atoms with Gasteiger partial charge in [-0.1, -0.05) is 52.8 Å². The largest absolute Gasteiger partial charge is 0.462 e. The van der Waals surface area contributed by atoms with E-state index < -0.39 is 20.7 Å². The van der Waals surface area contributed by atoms with Gasteiger partial charge in [0.15, 0.2) is 20.4 Å². The maximum atomic E-state index is 14.6. The van der Waals surface area contributed by atoms with Gasteiger partial charge >= 0.3 is 5.97 Å². The summed E-state index contributed by atoms with van der Waals surface area (Å²) < 4.78 is 43.4. The molecule has 2 saturated heterocycles. The van der Waals surface area contributed by atoms with E-state index >= 15 is 0 Å². The number of cyclic esters (lactones) is 1. The van der Waals surface area contributed by atoms with Crippen molar-refractivity contribution in [3.05, 3.63) is 23.8 Å². The predicted octanol–water partition coefficient (Wildman–Crippen LogP) is 7.04. The Morgan fingerprint density at radius 2 is 1.61 bits per heavy atom. The first kappa shape index (κ1) is 38.8. The lowest BCUT2D eigenvalue weighted by Crippen LogP contribution is -2.59. The molecule has 5 rings (SSSR count). The van der Waals surface area contributed by atoms with Crippen molar-refractivity contribution < 1.29 is 42.4 Å². The van der Waals surface area contributed by atoms with Crippen LogP contribution in [0.25, 0.3) is 0 Å². The second-order valence-electron chi connectivity index (χ2n) is 16.9. The number of carbonyl (C=O) groups is 2. The molecule has 2 aliphatic heterocycles. The molecule has 0 N–H and O–H groups in total. The predicted molar refractivity (Wildman–Crippen MR) is 190 cm³/mol. The first-order chi connectivity index (χ1) is 23.1. The van der Waals surface area contributed by atoms with Crippen LogP contribution >= 0.6 is 0 Å². The molecule has 10 heteroatoms. The lowest BCUT2D eigenvalue weighted by molar-refractivity contribution is -0.314. The summed E-state index contributed by atoms with van der Waals surface area (Å²) in [5.74, 6) is 0.262. The Morgan fingerprint density at radius 3 is 2.24 bits per heavy atom. The van der Waals surface area contributed by atoms with Gasteiger partial charge in [-0.15, -0.1) is 0 Å². The molecule has 0 aromatic heterocycles. The van der Waals surface area contributed by atoms with Crippen LogP contribution in [0.1, 0.15) is 86.5 Å². The van der Waals surface area contributed by atoms with Crippen molar-refractivity contribution in [3.8, 4) is 0 Å². The highest BCUT2D eigenvalue weighted by Gasteiger charge is 2.53. The quantitative estimate of drug-likeness (QED) is 0.150. The maximum Gasteiger partial charge on any atom is 0.306 e. The van der Waals surface area contributed by atoms with Crippen LogP contribution in [0.4, 0.5) is 0 Å². The number of hydrogen-bond donors (Lipinski definition) is 0. The fourth-order valence-corrected chi connectivity index (χ4v) is 10.4. The summed E-state index contributed by atoms with van der Waals surface area (Å²) in [6.07, 6.45) is 9.81. The van der Waals surface area contributed by atoms with Gasteiger partial charge in [-0.2, -0.15) is 0 Å². The van der Waals surface area contributed by atoms with E-state index in [0.717, 1.165) is 44.1 Å². The number of esters is 1. The van der Waals surface area contributed by atoms with E-state index in [1.165, 1.54) is 0 Å². The highest BCUT2D eigenvalue weighted by Crippen LogP contribution is 2.54. The Hall–Kier alpha value is -1.40. The summed E-state index contributed by atoms with van der Waals surface area (Å²) in [6, 6.07) is 0. The van der Waals surface area contributed by atoms with E-state index in [9.17, 15) is 9.59 Å². The molecule has 2 heterocycles. The third-order valence-corrected chi connectivity index (χ3v) is 17.4. The minimum absolute atomic E-state index is 0.0336. The third kappa shape index (κ3) is 8.01. The smallest absolute Gasteiger partial charge is 0.306 e. The molecule has 1 saturated carbocycles. The molecule has 5 aliphatic rings. The highest BCUT2D eigenvalue weighted by molar-refractivity contribution is 6.74. The number of rotatable bonds is 8. The second-order valence-corrected chi connectivity index (χ2v) is 21.6. The van der Waals surface area contributed by atoms with Gasteiger partial charge in [0.25, 0.3) is 0 Å². The van der Waals surface area contributed by atoms with E-state index in [-0.39, 0.29) is 83.5 Å². The zero-order valence-corrected chi connectivity index (χ0v) is 32.9. The van der Waals surface area contributed by atoms with Gasteiger partial charge in [-0.05, 0) is 92.8 Å². The average Bonchev–Trinajstić information content (AvgIpc) is 3.62. The molecule has 3 aliphatic carbocycles. The summed E-state index contributed by atoms with van der Waals surface area (Å²) in [6.45, 7) is 17.4. The zero-order chi connectivity index (χ0) is 35.8.